The number of fused-ring (bicyclic) bond motifs is 1. The molecule has 0 bridgehead atoms. The molecule has 0 spiro atoms. The molecule has 0 aliphatic carbocycles. The second-order valence-electron chi connectivity index (χ2n) is 6.23. The molecule has 0 aliphatic heterocycles. The van der Waals surface area contributed by atoms with Gasteiger partial charge in [-0.3, -0.25) is 9.20 Å². The average molecular weight is 443 g/mol. The highest BCUT2D eigenvalue weighted by atomic mass is 35.5. The summed E-state index contributed by atoms with van der Waals surface area (Å²) in [7, 11) is 0. The van der Waals surface area contributed by atoms with Gasteiger partial charge in [0.05, 0.1) is 22.7 Å². The quantitative estimate of drug-likeness (QED) is 0.261. The van der Waals surface area contributed by atoms with Crippen molar-refractivity contribution in [1.82, 2.24) is 19.4 Å². The molecule has 0 amide bonds. The minimum atomic E-state index is -0.596. The first-order chi connectivity index (χ1) is 14.5. The third kappa shape index (κ3) is 3.94. The summed E-state index contributed by atoms with van der Waals surface area (Å²) >= 11 is 7.21. The Morgan fingerprint density at radius 2 is 2.10 bits per heavy atom. The van der Waals surface area contributed by atoms with Gasteiger partial charge in [-0.15, -0.1) is 11.8 Å². The van der Waals surface area contributed by atoms with Gasteiger partial charge in [0.1, 0.15) is 22.8 Å². The lowest BCUT2D eigenvalue weighted by Gasteiger charge is -2.11. The first-order valence-corrected chi connectivity index (χ1v) is 10.4. The first kappa shape index (κ1) is 20.1. The molecule has 4 rings (SSSR count). The summed E-state index contributed by atoms with van der Waals surface area (Å²) in [6, 6.07) is 8.03. The lowest BCUT2D eigenvalue weighted by atomic mass is 10.2. The van der Waals surface area contributed by atoms with Crippen molar-refractivity contribution in [3.05, 3.63) is 75.1 Å². The maximum atomic E-state index is 12.7. The smallest absolute Gasteiger partial charge is 0.343 e. The Morgan fingerprint density at radius 3 is 2.83 bits per heavy atom. The van der Waals surface area contributed by atoms with E-state index in [0.717, 1.165) is 0 Å². The van der Waals surface area contributed by atoms with E-state index in [1.807, 2.05) is 0 Å². The predicted octanol–water partition coefficient (Wildman–Crippen LogP) is 3.79. The standard InChI is InChI=1S/C20H15ClN4O4S/c1-11-17(19(30-2)24-18(22-11)14-4-3-7-28-14)20(27)29-10-13-8-16(26)25-9-12(21)5-6-15(25)23-13/h3-9H,10H2,1-2H3. The van der Waals surface area contributed by atoms with Crippen molar-refractivity contribution in [2.75, 3.05) is 6.26 Å². The van der Waals surface area contributed by atoms with E-state index in [4.69, 9.17) is 20.8 Å². The van der Waals surface area contributed by atoms with Crippen LogP contribution in [0.3, 0.4) is 0 Å². The van der Waals surface area contributed by atoms with Gasteiger partial charge in [-0.1, -0.05) is 11.6 Å². The van der Waals surface area contributed by atoms with Crippen LogP contribution in [0.5, 0.6) is 0 Å². The number of furan rings is 1. The Bertz CT molecular complexity index is 1300. The molecule has 4 heterocycles. The third-order valence-electron chi connectivity index (χ3n) is 4.22. The molecule has 30 heavy (non-hydrogen) atoms. The highest BCUT2D eigenvalue weighted by Gasteiger charge is 2.21. The fourth-order valence-electron chi connectivity index (χ4n) is 2.86. The van der Waals surface area contributed by atoms with E-state index in [-0.39, 0.29) is 17.7 Å². The van der Waals surface area contributed by atoms with E-state index >= 15 is 0 Å². The van der Waals surface area contributed by atoms with Gasteiger partial charge in [0.2, 0.25) is 0 Å². The SMILES string of the molecule is CSc1nc(-c2ccco2)nc(C)c1C(=O)OCc1cc(=O)n2cc(Cl)ccc2n1. The molecule has 0 saturated heterocycles. The van der Waals surface area contributed by atoms with E-state index in [0.29, 0.717) is 38.7 Å². The van der Waals surface area contributed by atoms with Gasteiger partial charge in [-0.05, 0) is 37.4 Å². The van der Waals surface area contributed by atoms with Crippen molar-refractivity contribution in [2.24, 2.45) is 0 Å². The van der Waals surface area contributed by atoms with Gasteiger partial charge in [-0.25, -0.2) is 19.7 Å². The van der Waals surface area contributed by atoms with Crippen LogP contribution in [-0.2, 0) is 11.3 Å². The summed E-state index contributed by atoms with van der Waals surface area (Å²) in [5.74, 6) is 0.302. The van der Waals surface area contributed by atoms with Crippen LogP contribution < -0.4 is 5.56 Å². The van der Waals surface area contributed by atoms with Crippen molar-refractivity contribution >= 4 is 35.0 Å². The fourth-order valence-corrected chi connectivity index (χ4v) is 3.63. The normalized spacial score (nSPS) is 11.0. The number of carbonyl (C=O) groups excluding carboxylic acids is 1. The zero-order valence-electron chi connectivity index (χ0n) is 16.0. The van der Waals surface area contributed by atoms with E-state index in [1.165, 1.54) is 34.7 Å². The monoisotopic (exact) mass is 442 g/mol. The lowest BCUT2D eigenvalue weighted by molar-refractivity contribution is 0.0461. The maximum absolute atomic E-state index is 12.7. The summed E-state index contributed by atoms with van der Waals surface area (Å²) in [4.78, 5) is 38.1. The summed E-state index contributed by atoms with van der Waals surface area (Å²) in [6.45, 7) is 1.54. The van der Waals surface area contributed by atoms with Gasteiger partial charge < -0.3 is 9.15 Å². The molecule has 0 atom stereocenters. The van der Waals surface area contributed by atoms with Crippen LogP contribution in [0.15, 0.2) is 57.0 Å². The van der Waals surface area contributed by atoms with Crippen LogP contribution in [-0.4, -0.2) is 31.6 Å². The molecule has 0 N–H and O–H groups in total. The van der Waals surface area contributed by atoms with Gasteiger partial charge >= 0.3 is 5.97 Å². The van der Waals surface area contributed by atoms with Crippen molar-refractivity contribution in [1.29, 1.82) is 0 Å². The van der Waals surface area contributed by atoms with Crippen LogP contribution in [0, 0.1) is 6.92 Å². The minimum absolute atomic E-state index is 0.166. The third-order valence-corrected chi connectivity index (χ3v) is 5.13. The van der Waals surface area contributed by atoms with E-state index in [1.54, 1.807) is 37.4 Å². The molecule has 0 radical (unpaired) electrons. The van der Waals surface area contributed by atoms with Crippen LogP contribution in [0.1, 0.15) is 21.7 Å². The summed E-state index contributed by atoms with van der Waals surface area (Å²) in [5.41, 5.74) is 1.15. The van der Waals surface area contributed by atoms with Crippen LogP contribution >= 0.6 is 23.4 Å². The summed E-state index contributed by atoms with van der Waals surface area (Å²) in [6.07, 6.45) is 4.82. The Labute approximate surface area is 179 Å². The highest BCUT2D eigenvalue weighted by Crippen LogP contribution is 2.26. The molecule has 0 unspecified atom stereocenters. The molecular weight excluding hydrogens is 428 g/mol. The lowest BCUT2D eigenvalue weighted by Crippen LogP contribution is -2.17. The summed E-state index contributed by atoms with van der Waals surface area (Å²) < 4.78 is 12.1. The molecule has 4 aromatic heterocycles. The Balaban J connectivity index is 1.59. The maximum Gasteiger partial charge on any atom is 0.343 e. The van der Waals surface area contributed by atoms with E-state index in [9.17, 15) is 9.59 Å². The zero-order chi connectivity index (χ0) is 21.3. The molecule has 10 heteroatoms. The number of pyridine rings is 1. The number of ether oxygens (including phenoxy) is 1. The number of aromatic nitrogens is 4. The topological polar surface area (TPSA) is 99.6 Å². The number of hydrogen-bond donors (Lipinski definition) is 0. The highest BCUT2D eigenvalue weighted by molar-refractivity contribution is 7.98. The Hall–Kier alpha value is -3.17. The molecule has 0 aromatic carbocycles. The molecule has 4 aromatic rings. The molecule has 8 nitrogen and oxygen atoms in total. The number of rotatable bonds is 5. The molecule has 152 valence electrons. The van der Waals surface area contributed by atoms with Crippen molar-refractivity contribution in [3.63, 3.8) is 0 Å². The summed E-state index contributed by atoms with van der Waals surface area (Å²) in [5, 5.41) is 0.892. The van der Waals surface area contributed by atoms with Gasteiger partial charge in [0, 0.05) is 12.3 Å². The second kappa shape index (κ2) is 8.29. The Kier molecular flexibility index (Phi) is 5.56. The van der Waals surface area contributed by atoms with Crippen LogP contribution in [0.2, 0.25) is 5.02 Å². The van der Waals surface area contributed by atoms with Crippen molar-refractivity contribution in [3.8, 4) is 11.6 Å². The molecule has 0 aliphatic rings. The fraction of sp³-hybridized carbons (Fsp3) is 0.150. The zero-order valence-corrected chi connectivity index (χ0v) is 17.5. The number of aryl methyl sites for hydroxylation is 1. The minimum Gasteiger partial charge on any atom is -0.461 e. The van der Waals surface area contributed by atoms with Crippen molar-refractivity contribution < 1.29 is 13.9 Å². The number of esters is 1. The number of halogens is 1. The van der Waals surface area contributed by atoms with Crippen molar-refractivity contribution in [2.45, 2.75) is 18.6 Å². The van der Waals surface area contributed by atoms with Crippen LogP contribution in [0.4, 0.5) is 0 Å². The second-order valence-corrected chi connectivity index (χ2v) is 7.46. The molecule has 0 saturated carbocycles. The van der Waals surface area contributed by atoms with E-state index in [2.05, 4.69) is 15.0 Å². The van der Waals surface area contributed by atoms with Crippen LogP contribution in [0.25, 0.3) is 17.2 Å². The number of nitrogens with zero attached hydrogens (tertiary/aromatic N) is 4. The van der Waals surface area contributed by atoms with E-state index < -0.39 is 5.97 Å². The molecule has 0 fully saturated rings. The number of hydrogen-bond acceptors (Lipinski definition) is 8. The number of thioether (sulfide) groups is 1. The van der Waals surface area contributed by atoms with Gasteiger partial charge in [0.15, 0.2) is 11.6 Å². The van der Waals surface area contributed by atoms with Gasteiger partial charge in [0.25, 0.3) is 5.56 Å². The average Bonchev–Trinajstić information content (AvgIpc) is 3.27. The Morgan fingerprint density at radius 1 is 1.27 bits per heavy atom. The number of carbonyl (C=O) groups is 1. The predicted molar refractivity (Wildman–Crippen MR) is 112 cm³/mol. The molecular formula is C20H15ClN4O4S. The first-order valence-electron chi connectivity index (χ1n) is 8.77. The van der Waals surface area contributed by atoms with Gasteiger partial charge in [-0.2, -0.15) is 0 Å². The largest absolute Gasteiger partial charge is 0.461 e.